The third-order valence-corrected chi connectivity index (χ3v) is 9.88. The molecule has 0 amide bonds. The number of hydrogen-bond acceptors (Lipinski definition) is 4. The van der Waals surface area contributed by atoms with Crippen LogP contribution in [0.3, 0.4) is 0 Å². The van der Waals surface area contributed by atoms with Crippen molar-refractivity contribution in [3.8, 4) is 39.9 Å². The van der Waals surface area contributed by atoms with Gasteiger partial charge in [0.05, 0.1) is 11.0 Å². The molecule has 0 bridgehead atoms. The first-order chi connectivity index (χ1) is 22.2. The summed E-state index contributed by atoms with van der Waals surface area (Å²) < 4.78 is 5.73. The van der Waals surface area contributed by atoms with Crippen molar-refractivity contribution in [2.24, 2.45) is 0 Å². The molecule has 0 saturated heterocycles. The molecular formula is C39H23BrN4S. The quantitative estimate of drug-likeness (QED) is 0.189. The normalized spacial score (nSPS) is 11.7. The predicted molar refractivity (Wildman–Crippen MR) is 191 cm³/mol. The molecule has 0 spiro atoms. The zero-order valence-corrected chi connectivity index (χ0v) is 26.3. The van der Waals surface area contributed by atoms with Gasteiger partial charge in [0.15, 0.2) is 17.5 Å². The van der Waals surface area contributed by atoms with Crippen LogP contribution in [0.15, 0.2) is 144 Å². The maximum Gasteiger partial charge on any atom is 0.164 e. The number of halogens is 1. The molecule has 3 heterocycles. The molecule has 0 unspecified atom stereocenters. The van der Waals surface area contributed by atoms with E-state index in [2.05, 4.69) is 130 Å². The van der Waals surface area contributed by atoms with Gasteiger partial charge in [-0.15, -0.1) is 11.3 Å². The maximum atomic E-state index is 5.18. The van der Waals surface area contributed by atoms with Crippen LogP contribution in [0.25, 0.3) is 81.8 Å². The molecule has 0 fully saturated rings. The second kappa shape index (κ2) is 10.5. The van der Waals surface area contributed by atoms with E-state index in [1.165, 1.54) is 30.9 Å². The number of nitrogens with zero attached hydrogens (tertiary/aromatic N) is 4. The Morgan fingerprint density at radius 3 is 1.84 bits per heavy atom. The van der Waals surface area contributed by atoms with E-state index >= 15 is 0 Å². The minimum Gasteiger partial charge on any atom is -0.309 e. The lowest BCUT2D eigenvalue weighted by atomic mass is 10.1. The maximum absolute atomic E-state index is 5.18. The Hall–Kier alpha value is -5.17. The number of fused-ring (bicyclic) bond motifs is 6. The van der Waals surface area contributed by atoms with Crippen LogP contribution in [0.4, 0.5) is 0 Å². The Kier molecular flexibility index (Phi) is 6.11. The molecule has 45 heavy (non-hydrogen) atoms. The highest BCUT2D eigenvalue weighted by atomic mass is 79.9. The summed E-state index contributed by atoms with van der Waals surface area (Å²) in [5.41, 5.74) is 6.20. The molecule has 0 N–H and O–H groups in total. The predicted octanol–water partition coefficient (Wildman–Crippen LogP) is 11.1. The highest BCUT2D eigenvalue weighted by Gasteiger charge is 2.18. The third kappa shape index (κ3) is 4.37. The van der Waals surface area contributed by atoms with E-state index in [4.69, 9.17) is 15.0 Å². The molecule has 0 saturated carbocycles. The summed E-state index contributed by atoms with van der Waals surface area (Å²) >= 11 is 5.62. The summed E-state index contributed by atoms with van der Waals surface area (Å²) in [4.78, 5) is 15.3. The Morgan fingerprint density at radius 1 is 0.489 bits per heavy atom. The van der Waals surface area contributed by atoms with E-state index in [-0.39, 0.29) is 0 Å². The van der Waals surface area contributed by atoms with Gasteiger partial charge in [0.1, 0.15) is 0 Å². The van der Waals surface area contributed by atoms with Gasteiger partial charge in [-0.1, -0.05) is 113 Å². The number of benzene rings is 6. The highest BCUT2D eigenvalue weighted by molar-refractivity contribution is 9.10. The molecule has 0 atom stereocenters. The van der Waals surface area contributed by atoms with Gasteiger partial charge in [-0.3, -0.25) is 0 Å². The van der Waals surface area contributed by atoms with Crippen LogP contribution in [0, 0.1) is 0 Å². The molecule has 0 aliphatic heterocycles. The first kappa shape index (κ1) is 26.3. The van der Waals surface area contributed by atoms with E-state index < -0.39 is 0 Å². The third-order valence-electron chi connectivity index (χ3n) is 8.29. The lowest BCUT2D eigenvalue weighted by Gasteiger charge is -2.13. The molecule has 6 heteroatoms. The summed E-state index contributed by atoms with van der Waals surface area (Å²) in [5.74, 6) is 1.93. The smallest absolute Gasteiger partial charge is 0.164 e. The average Bonchev–Trinajstić information content (AvgIpc) is 3.64. The van der Waals surface area contributed by atoms with E-state index in [0.717, 1.165) is 37.9 Å². The van der Waals surface area contributed by atoms with Gasteiger partial charge >= 0.3 is 0 Å². The Labute approximate surface area is 271 Å². The topological polar surface area (TPSA) is 43.6 Å². The average molecular weight is 660 g/mol. The zero-order chi connectivity index (χ0) is 29.9. The van der Waals surface area contributed by atoms with E-state index in [0.29, 0.717) is 17.5 Å². The van der Waals surface area contributed by atoms with Gasteiger partial charge in [-0.05, 0) is 42.5 Å². The summed E-state index contributed by atoms with van der Waals surface area (Å²) in [6, 6.07) is 48.6. The van der Waals surface area contributed by atoms with Crippen LogP contribution in [0.1, 0.15) is 0 Å². The van der Waals surface area contributed by atoms with Crippen LogP contribution in [-0.4, -0.2) is 19.5 Å². The summed E-state index contributed by atoms with van der Waals surface area (Å²) in [5, 5.41) is 4.83. The first-order valence-corrected chi connectivity index (χ1v) is 16.3. The van der Waals surface area contributed by atoms with Crippen molar-refractivity contribution in [1.29, 1.82) is 0 Å². The standard InChI is InChI=1S/C39H23BrN4S/c40-26-21-25(22-27(23-26)44-32-17-7-4-13-28(32)29-14-5-8-18-33(29)44)38-41-37(24-11-2-1-3-12-24)42-39(43-38)31-16-10-20-35-36(31)30-15-6-9-19-34(30)45-35/h1-23H. The molecular weight excluding hydrogens is 636 g/mol. The largest absolute Gasteiger partial charge is 0.309 e. The minimum absolute atomic E-state index is 0.624. The first-order valence-electron chi connectivity index (χ1n) is 14.7. The molecule has 0 radical (unpaired) electrons. The summed E-state index contributed by atoms with van der Waals surface area (Å²) in [6.45, 7) is 0. The van der Waals surface area contributed by atoms with Crippen LogP contribution < -0.4 is 0 Å². The monoisotopic (exact) mass is 658 g/mol. The van der Waals surface area contributed by atoms with Crippen molar-refractivity contribution in [3.63, 3.8) is 0 Å². The number of rotatable bonds is 4. The number of para-hydroxylation sites is 2. The fraction of sp³-hybridized carbons (Fsp3) is 0. The molecule has 4 nitrogen and oxygen atoms in total. The van der Waals surface area contributed by atoms with Crippen molar-refractivity contribution in [3.05, 3.63) is 144 Å². The van der Waals surface area contributed by atoms with Crippen molar-refractivity contribution >= 4 is 69.2 Å². The van der Waals surface area contributed by atoms with Gasteiger partial charge < -0.3 is 4.57 Å². The van der Waals surface area contributed by atoms with Gasteiger partial charge in [0, 0.05) is 57.8 Å². The van der Waals surface area contributed by atoms with Crippen molar-refractivity contribution in [2.75, 3.05) is 0 Å². The molecule has 9 rings (SSSR count). The van der Waals surface area contributed by atoms with Crippen LogP contribution >= 0.6 is 27.3 Å². The fourth-order valence-corrected chi connectivity index (χ4v) is 7.95. The SMILES string of the molecule is Brc1cc(-c2nc(-c3ccccc3)nc(-c3cccc4sc5ccccc5c34)n2)cc(-n2c3ccccc3c3ccccc32)c1. The van der Waals surface area contributed by atoms with Gasteiger partial charge in [0.25, 0.3) is 0 Å². The number of hydrogen-bond donors (Lipinski definition) is 0. The number of thiophene rings is 1. The molecule has 9 aromatic rings. The number of aromatic nitrogens is 4. The van der Waals surface area contributed by atoms with Gasteiger partial charge in [0.2, 0.25) is 0 Å². The second-order valence-electron chi connectivity index (χ2n) is 11.0. The van der Waals surface area contributed by atoms with Crippen LogP contribution in [0.2, 0.25) is 0 Å². The van der Waals surface area contributed by atoms with Crippen LogP contribution in [-0.2, 0) is 0 Å². The van der Waals surface area contributed by atoms with E-state index in [9.17, 15) is 0 Å². The van der Waals surface area contributed by atoms with Crippen molar-refractivity contribution in [1.82, 2.24) is 19.5 Å². The molecule has 6 aromatic carbocycles. The van der Waals surface area contributed by atoms with E-state index in [1.807, 2.05) is 30.3 Å². The minimum atomic E-state index is 0.624. The summed E-state index contributed by atoms with van der Waals surface area (Å²) in [7, 11) is 0. The lowest BCUT2D eigenvalue weighted by molar-refractivity contribution is 1.07. The highest BCUT2D eigenvalue weighted by Crippen LogP contribution is 2.40. The Balaban J connectivity index is 1.30. The molecule has 0 aliphatic rings. The molecule has 0 aliphatic carbocycles. The van der Waals surface area contributed by atoms with Crippen LogP contribution in [0.5, 0.6) is 0 Å². The zero-order valence-electron chi connectivity index (χ0n) is 23.9. The van der Waals surface area contributed by atoms with Crippen molar-refractivity contribution < 1.29 is 0 Å². The lowest BCUT2D eigenvalue weighted by Crippen LogP contribution is -2.01. The van der Waals surface area contributed by atoms with Gasteiger partial charge in [-0.2, -0.15) is 0 Å². The Morgan fingerprint density at radius 2 is 1.09 bits per heavy atom. The second-order valence-corrected chi connectivity index (χ2v) is 13.0. The summed E-state index contributed by atoms with van der Waals surface area (Å²) in [6.07, 6.45) is 0. The van der Waals surface area contributed by atoms with Crippen molar-refractivity contribution in [2.45, 2.75) is 0 Å². The molecule has 212 valence electrons. The van der Waals surface area contributed by atoms with Gasteiger partial charge in [-0.25, -0.2) is 15.0 Å². The fourth-order valence-electron chi connectivity index (χ4n) is 6.34. The van der Waals surface area contributed by atoms with E-state index in [1.54, 1.807) is 11.3 Å². The Bertz CT molecular complexity index is 2510. The molecule has 3 aromatic heterocycles.